The average molecular weight is 445 g/mol. The number of carbonyl (C=O) groups excluding carboxylic acids is 1. The van der Waals surface area contributed by atoms with Gasteiger partial charge in [-0.2, -0.15) is 0 Å². The predicted octanol–water partition coefficient (Wildman–Crippen LogP) is 5.13. The number of thiazole rings is 1. The molecule has 7 heteroatoms. The largest absolute Gasteiger partial charge is 0.352 e. The number of rotatable bonds is 7. The molecule has 0 saturated carbocycles. The lowest BCUT2D eigenvalue weighted by Crippen LogP contribution is -2.24. The maximum Gasteiger partial charge on any atom is 0.226 e. The smallest absolute Gasteiger partial charge is 0.226 e. The Morgan fingerprint density at radius 3 is 2.65 bits per heavy atom. The van der Waals surface area contributed by atoms with Gasteiger partial charge in [0.25, 0.3) is 0 Å². The van der Waals surface area contributed by atoms with E-state index in [1.54, 1.807) is 22.7 Å². The third-order valence-corrected chi connectivity index (χ3v) is 6.95. The van der Waals surface area contributed by atoms with E-state index in [0.29, 0.717) is 13.0 Å². The minimum Gasteiger partial charge on any atom is -0.352 e. The van der Waals surface area contributed by atoms with Crippen LogP contribution < -0.4 is 5.32 Å². The van der Waals surface area contributed by atoms with Crippen LogP contribution in [0.1, 0.15) is 16.8 Å². The molecule has 1 amide bonds. The zero-order valence-electron chi connectivity index (χ0n) is 16.7. The SMILES string of the molecule is O=C(Cc1csc(-c2cccs2)n1)NCc1ccc(Cn2cnc3ccccc32)cc1. The Bertz CT molecular complexity index is 1300. The van der Waals surface area contributed by atoms with Crippen LogP contribution in [0.15, 0.2) is 77.8 Å². The lowest BCUT2D eigenvalue weighted by atomic mass is 10.1. The molecule has 5 aromatic rings. The van der Waals surface area contributed by atoms with Gasteiger partial charge in [-0.3, -0.25) is 4.79 Å². The summed E-state index contributed by atoms with van der Waals surface area (Å²) in [7, 11) is 0. The van der Waals surface area contributed by atoms with Gasteiger partial charge in [-0.25, -0.2) is 9.97 Å². The van der Waals surface area contributed by atoms with E-state index in [0.717, 1.165) is 38.7 Å². The van der Waals surface area contributed by atoms with Gasteiger partial charge in [0.05, 0.1) is 34.4 Å². The molecule has 0 aliphatic heterocycles. The zero-order valence-corrected chi connectivity index (χ0v) is 18.3. The van der Waals surface area contributed by atoms with Crippen LogP contribution in [0.3, 0.4) is 0 Å². The van der Waals surface area contributed by atoms with Crippen LogP contribution in [0.5, 0.6) is 0 Å². The summed E-state index contributed by atoms with van der Waals surface area (Å²) in [5.41, 5.74) is 5.22. The first-order chi connectivity index (χ1) is 15.2. The van der Waals surface area contributed by atoms with Crippen molar-refractivity contribution in [3.63, 3.8) is 0 Å². The molecule has 0 bridgehead atoms. The monoisotopic (exact) mass is 444 g/mol. The summed E-state index contributed by atoms with van der Waals surface area (Å²) in [6.07, 6.45) is 2.18. The molecule has 0 fully saturated rings. The Kier molecular flexibility index (Phi) is 5.60. The molecule has 0 saturated heterocycles. The van der Waals surface area contributed by atoms with E-state index >= 15 is 0 Å². The highest BCUT2D eigenvalue weighted by molar-refractivity contribution is 7.20. The first-order valence-corrected chi connectivity index (χ1v) is 11.7. The van der Waals surface area contributed by atoms with Crippen LogP contribution in [0.2, 0.25) is 0 Å². The van der Waals surface area contributed by atoms with E-state index in [-0.39, 0.29) is 5.91 Å². The lowest BCUT2D eigenvalue weighted by molar-refractivity contribution is -0.120. The van der Waals surface area contributed by atoms with E-state index in [1.165, 1.54) is 5.56 Å². The van der Waals surface area contributed by atoms with Crippen molar-refractivity contribution in [2.24, 2.45) is 0 Å². The second-order valence-electron chi connectivity index (χ2n) is 7.25. The first kappa shape index (κ1) is 19.7. The third kappa shape index (κ3) is 4.57. The molecular formula is C24H20N4OS2. The number of fused-ring (bicyclic) bond motifs is 1. The number of carbonyl (C=O) groups is 1. The van der Waals surface area contributed by atoms with Crippen molar-refractivity contribution in [2.75, 3.05) is 0 Å². The van der Waals surface area contributed by atoms with Gasteiger partial charge in [0.2, 0.25) is 5.91 Å². The van der Waals surface area contributed by atoms with E-state index in [4.69, 9.17) is 0 Å². The quantitative estimate of drug-likeness (QED) is 0.379. The fourth-order valence-corrected chi connectivity index (χ4v) is 5.06. The highest BCUT2D eigenvalue weighted by Gasteiger charge is 2.10. The van der Waals surface area contributed by atoms with Crippen LogP contribution in [-0.4, -0.2) is 20.4 Å². The summed E-state index contributed by atoms with van der Waals surface area (Å²) in [4.78, 5) is 22.5. The fraction of sp³-hybridized carbons (Fsp3) is 0.125. The third-order valence-electron chi connectivity index (χ3n) is 5.02. The maximum absolute atomic E-state index is 12.3. The number of nitrogens with zero attached hydrogens (tertiary/aromatic N) is 3. The Labute approximate surface area is 188 Å². The number of nitrogens with one attached hydrogen (secondary N) is 1. The molecule has 154 valence electrons. The molecule has 0 unspecified atom stereocenters. The van der Waals surface area contributed by atoms with Crippen LogP contribution in [-0.2, 0) is 24.3 Å². The van der Waals surface area contributed by atoms with E-state index in [9.17, 15) is 4.79 Å². The summed E-state index contributed by atoms with van der Waals surface area (Å²) in [5, 5.41) is 7.96. The molecule has 3 aromatic heterocycles. The second kappa shape index (κ2) is 8.83. The number of amides is 1. The van der Waals surface area contributed by atoms with Crippen LogP contribution in [0, 0.1) is 0 Å². The Hall–Kier alpha value is -3.29. The lowest BCUT2D eigenvalue weighted by Gasteiger charge is -2.07. The van der Waals surface area contributed by atoms with Gasteiger partial charge in [-0.15, -0.1) is 22.7 Å². The Balaban J connectivity index is 1.15. The highest BCUT2D eigenvalue weighted by atomic mass is 32.1. The van der Waals surface area contributed by atoms with Gasteiger partial charge < -0.3 is 9.88 Å². The number of hydrogen-bond donors (Lipinski definition) is 1. The Morgan fingerprint density at radius 1 is 0.968 bits per heavy atom. The molecule has 31 heavy (non-hydrogen) atoms. The summed E-state index contributed by atoms with van der Waals surface area (Å²) >= 11 is 3.24. The van der Waals surface area contributed by atoms with Crippen molar-refractivity contribution in [1.82, 2.24) is 19.9 Å². The van der Waals surface area contributed by atoms with E-state index < -0.39 is 0 Å². The van der Waals surface area contributed by atoms with Crippen LogP contribution >= 0.6 is 22.7 Å². The van der Waals surface area contributed by atoms with Crippen molar-refractivity contribution < 1.29 is 4.79 Å². The maximum atomic E-state index is 12.3. The highest BCUT2D eigenvalue weighted by Crippen LogP contribution is 2.27. The molecule has 0 aliphatic carbocycles. The minimum atomic E-state index is -0.0167. The number of benzene rings is 2. The molecule has 0 spiro atoms. The molecule has 0 aliphatic rings. The molecule has 3 heterocycles. The van der Waals surface area contributed by atoms with Gasteiger partial charge in [0.15, 0.2) is 0 Å². The number of aromatic nitrogens is 3. The van der Waals surface area contributed by atoms with Crippen molar-refractivity contribution >= 4 is 39.6 Å². The summed E-state index contributed by atoms with van der Waals surface area (Å²) < 4.78 is 2.14. The normalized spacial score (nSPS) is 11.1. The molecule has 0 radical (unpaired) electrons. The number of thiophene rings is 1. The number of hydrogen-bond acceptors (Lipinski definition) is 5. The average Bonchev–Trinajstić information content (AvgIpc) is 3.55. The van der Waals surface area contributed by atoms with E-state index in [1.807, 2.05) is 47.4 Å². The molecule has 2 aromatic carbocycles. The molecule has 1 N–H and O–H groups in total. The number of imidazole rings is 1. The predicted molar refractivity (Wildman–Crippen MR) is 126 cm³/mol. The standard InChI is InChI=1S/C24H20N4OS2/c29-23(12-19-15-31-24(27-19)22-6-3-11-30-22)25-13-17-7-9-18(10-8-17)14-28-16-26-20-4-1-2-5-21(20)28/h1-11,15-16H,12-14H2,(H,25,29). The van der Waals surface area contributed by atoms with Crippen LogP contribution in [0.25, 0.3) is 20.9 Å². The van der Waals surface area contributed by atoms with Crippen molar-refractivity contribution in [3.05, 3.63) is 94.6 Å². The van der Waals surface area contributed by atoms with Gasteiger partial charge >= 0.3 is 0 Å². The first-order valence-electron chi connectivity index (χ1n) is 9.97. The van der Waals surface area contributed by atoms with Crippen LogP contribution in [0.4, 0.5) is 0 Å². The molecular weight excluding hydrogens is 424 g/mol. The van der Waals surface area contributed by atoms with E-state index in [2.05, 4.69) is 50.2 Å². The summed E-state index contributed by atoms with van der Waals surface area (Å²) in [5.74, 6) is -0.0167. The molecule has 5 rings (SSSR count). The van der Waals surface area contributed by atoms with Gasteiger partial charge in [0.1, 0.15) is 5.01 Å². The molecule has 5 nitrogen and oxygen atoms in total. The topological polar surface area (TPSA) is 59.8 Å². The summed E-state index contributed by atoms with van der Waals surface area (Å²) in [6.45, 7) is 1.28. The Morgan fingerprint density at radius 2 is 1.81 bits per heavy atom. The fourth-order valence-electron chi connectivity index (χ4n) is 3.42. The molecule has 0 atom stereocenters. The van der Waals surface area contributed by atoms with Crippen molar-refractivity contribution in [3.8, 4) is 9.88 Å². The van der Waals surface area contributed by atoms with Gasteiger partial charge in [0, 0.05) is 18.5 Å². The number of para-hydroxylation sites is 2. The zero-order chi connectivity index (χ0) is 21.0. The second-order valence-corrected chi connectivity index (χ2v) is 9.06. The van der Waals surface area contributed by atoms with Gasteiger partial charge in [-0.1, -0.05) is 42.5 Å². The van der Waals surface area contributed by atoms with Gasteiger partial charge in [-0.05, 0) is 34.7 Å². The summed E-state index contributed by atoms with van der Waals surface area (Å²) in [6, 6.07) is 20.5. The minimum absolute atomic E-state index is 0.0167. The van der Waals surface area contributed by atoms with Crippen molar-refractivity contribution in [1.29, 1.82) is 0 Å². The van der Waals surface area contributed by atoms with Crippen molar-refractivity contribution in [2.45, 2.75) is 19.5 Å².